The van der Waals surface area contributed by atoms with Crippen LogP contribution < -0.4 is 5.73 Å². The van der Waals surface area contributed by atoms with Crippen LogP contribution in [-0.2, 0) is 9.53 Å². The van der Waals surface area contributed by atoms with E-state index in [1.807, 2.05) is 19.9 Å². The summed E-state index contributed by atoms with van der Waals surface area (Å²) in [6.07, 6.45) is 0.553. The minimum absolute atomic E-state index is 0. The molecule has 0 aromatic carbocycles. The van der Waals surface area contributed by atoms with E-state index in [0.29, 0.717) is 6.42 Å². The summed E-state index contributed by atoms with van der Waals surface area (Å²) in [5.41, 5.74) is 4.85. The number of esters is 1. The van der Waals surface area contributed by atoms with Crippen molar-refractivity contribution in [1.82, 2.24) is 0 Å². The van der Waals surface area contributed by atoms with Crippen LogP contribution in [0.4, 0.5) is 0 Å². The first-order valence-corrected chi connectivity index (χ1v) is 5.22. The zero-order valence-electron chi connectivity index (χ0n) is 10.3. The molecule has 0 amide bonds. The van der Waals surface area contributed by atoms with Crippen molar-refractivity contribution >= 4 is 5.97 Å². The zero-order chi connectivity index (χ0) is 12.5. The van der Waals surface area contributed by atoms with Gasteiger partial charge in [-0.1, -0.05) is 13.8 Å². The van der Waals surface area contributed by atoms with Gasteiger partial charge in [0, 0.05) is 7.85 Å². The molecule has 0 saturated heterocycles. The van der Waals surface area contributed by atoms with Crippen molar-refractivity contribution in [3.8, 4) is 6.07 Å². The van der Waals surface area contributed by atoms with Crippen LogP contribution in [0.5, 0.6) is 0 Å². The molecule has 0 aliphatic rings. The minimum atomic E-state index is -0.576. The van der Waals surface area contributed by atoms with Gasteiger partial charge in [-0.3, -0.25) is 4.79 Å². The number of nitrogens with zero attached hydrogens (tertiary/aromatic N) is 1. The van der Waals surface area contributed by atoms with Gasteiger partial charge in [-0.25, -0.2) is 0 Å². The normalized spacial score (nSPS) is 11.8. The Kier molecular flexibility index (Phi) is 8.99. The molecule has 4 heteroatoms. The molecule has 0 radical (unpaired) electrons. The fourth-order valence-corrected chi connectivity index (χ4v) is 0.730. The van der Waals surface area contributed by atoms with Crippen LogP contribution in [0, 0.1) is 11.3 Å². The third kappa shape index (κ3) is 12.9. The molecule has 0 aliphatic heterocycles. The third-order valence-electron chi connectivity index (χ3n) is 1.25. The first-order chi connectivity index (χ1) is 6.85. The summed E-state index contributed by atoms with van der Waals surface area (Å²) in [6.45, 7) is 9.40. The fraction of sp³-hybridized carbons (Fsp3) is 0.818. The molecule has 1 unspecified atom stereocenters. The van der Waals surface area contributed by atoms with Gasteiger partial charge in [0.15, 0.2) is 0 Å². The average Bonchev–Trinajstić information content (AvgIpc) is 2.14. The number of nitriles is 1. The quantitative estimate of drug-likeness (QED) is 0.734. The van der Waals surface area contributed by atoms with Crippen molar-refractivity contribution < 1.29 is 11.0 Å². The molecular weight excluding hydrogens is 192 g/mol. The minimum Gasteiger partial charge on any atom is -0.460 e. The summed E-state index contributed by atoms with van der Waals surface area (Å²) < 4.78 is 5.03. The van der Waals surface area contributed by atoms with Gasteiger partial charge in [0.1, 0.15) is 5.60 Å². The molecule has 0 saturated carbocycles. The number of hydrogen-bond donors (Lipinski definition) is 1. The molecule has 0 spiro atoms. The van der Waals surface area contributed by atoms with E-state index in [0.717, 1.165) is 0 Å². The molecule has 4 nitrogen and oxygen atoms in total. The van der Waals surface area contributed by atoms with Crippen LogP contribution in [0.15, 0.2) is 0 Å². The summed E-state index contributed by atoms with van der Waals surface area (Å²) in [4.78, 5) is 11.1. The van der Waals surface area contributed by atoms with E-state index >= 15 is 0 Å². The molecule has 0 aliphatic carbocycles. The lowest BCUT2D eigenvalue weighted by Gasteiger charge is -2.19. The summed E-state index contributed by atoms with van der Waals surface area (Å²) in [5, 5.41) is 8.35. The predicted octanol–water partition coefficient (Wildman–Crippen LogP) is 2.23. The van der Waals surface area contributed by atoms with Crippen LogP contribution in [0.1, 0.15) is 48.9 Å². The number of nitrogens with two attached hydrogens (primary N) is 1. The summed E-state index contributed by atoms with van der Waals surface area (Å²) in [7, 11) is 0. The maximum Gasteiger partial charge on any atom is 0.306 e. The molecule has 90 valence electrons. The Bertz CT molecular complexity index is 219. The highest BCUT2D eigenvalue weighted by molar-refractivity contribution is 5.69. The summed E-state index contributed by atoms with van der Waals surface area (Å²) in [5.74, 6) is -0.307. The van der Waals surface area contributed by atoms with Gasteiger partial charge in [-0.15, -0.1) is 0 Å². The topological polar surface area (TPSA) is 76.1 Å². The zero-order valence-corrected chi connectivity index (χ0v) is 10.3. The lowest BCUT2D eigenvalue weighted by atomic mass is 10.1. The second-order valence-electron chi connectivity index (χ2n) is 3.86. The van der Waals surface area contributed by atoms with Crippen molar-refractivity contribution in [1.29, 1.82) is 5.26 Å². The molecule has 0 rings (SSSR count). The van der Waals surface area contributed by atoms with Crippen LogP contribution >= 0.6 is 0 Å². The van der Waals surface area contributed by atoms with E-state index in [2.05, 4.69) is 0 Å². The molecule has 1 atom stereocenters. The van der Waals surface area contributed by atoms with E-state index in [-0.39, 0.29) is 13.8 Å². The van der Waals surface area contributed by atoms with Crippen LogP contribution in [-0.4, -0.2) is 17.6 Å². The molecular formula is C11H24N2O2. The lowest BCUT2D eigenvalue weighted by molar-refractivity contribution is -0.154. The van der Waals surface area contributed by atoms with E-state index < -0.39 is 11.6 Å². The van der Waals surface area contributed by atoms with E-state index in [4.69, 9.17) is 15.7 Å². The van der Waals surface area contributed by atoms with Gasteiger partial charge in [0.25, 0.3) is 0 Å². The monoisotopic (exact) mass is 216 g/mol. The third-order valence-corrected chi connectivity index (χ3v) is 1.25. The van der Waals surface area contributed by atoms with Crippen LogP contribution in [0.2, 0.25) is 0 Å². The van der Waals surface area contributed by atoms with Crippen LogP contribution in [0.3, 0.4) is 0 Å². The highest BCUT2D eigenvalue weighted by atomic mass is 16.6. The molecule has 15 heavy (non-hydrogen) atoms. The summed E-state index contributed by atoms with van der Waals surface area (Å²) in [6, 6.07) is 1.28. The highest BCUT2D eigenvalue weighted by Gasteiger charge is 2.16. The Morgan fingerprint density at radius 1 is 1.53 bits per heavy atom. The molecule has 0 bridgehead atoms. The Hall–Kier alpha value is -1.08. The fourth-order valence-electron chi connectivity index (χ4n) is 0.730. The molecule has 0 aromatic rings. The van der Waals surface area contributed by atoms with Crippen molar-refractivity contribution in [3.63, 3.8) is 0 Å². The van der Waals surface area contributed by atoms with Gasteiger partial charge >= 0.3 is 5.97 Å². The van der Waals surface area contributed by atoms with E-state index in [1.165, 1.54) is 0 Å². The Labute approximate surface area is 93.9 Å². The number of rotatable bonds is 3. The number of carbonyl (C=O) groups is 1. The molecule has 0 fully saturated rings. The number of carbonyl (C=O) groups excluding carboxylic acids is 1. The van der Waals surface area contributed by atoms with Gasteiger partial charge < -0.3 is 10.5 Å². The van der Waals surface area contributed by atoms with E-state index in [9.17, 15) is 4.79 Å². The second-order valence-corrected chi connectivity index (χ2v) is 3.86. The number of ether oxygens (including phenoxy) is 1. The van der Waals surface area contributed by atoms with Crippen molar-refractivity contribution in [2.75, 3.05) is 0 Å². The first-order valence-electron chi connectivity index (χ1n) is 5.22. The van der Waals surface area contributed by atoms with Crippen molar-refractivity contribution in [3.05, 3.63) is 0 Å². The lowest BCUT2D eigenvalue weighted by Crippen LogP contribution is -2.25. The molecule has 0 aromatic heterocycles. The first kappa shape index (κ1) is 16.4. The Morgan fingerprint density at radius 2 is 2.00 bits per heavy atom. The van der Waals surface area contributed by atoms with E-state index in [1.54, 1.807) is 20.8 Å². The molecule has 2 N–H and O–H groups in total. The maximum atomic E-state index is 11.1. The van der Waals surface area contributed by atoms with Gasteiger partial charge in [-0.2, -0.15) is 5.26 Å². The van der Waals surface area contributed by atoms with Crippen molar-refractivity contribution in [2.45, 2.75) is 59.1 Å². The summed E-state index contributed by atoms with van der Waals surface area (Å²) >= 11 is 0. The second kappa shape index (κ2) is 8.25. The predicted molar refractivity (Wildman–Crippen MR) is 62.1 cm³/mol. The average molecular weight is 216 g/mol. The van der Waals surface area contributed by atoms with Crippen molar-refractivity contribution in [2.24, 2.45) is 5.73 Å². The SMILES string of the molecule is CC.CC(C)(C)OC(=O)CCC(N)C#N.[HH]. The largest absolute Gasteiger partial charge is 0.460 e. The molecule has 0 heterocycles. The van der Waals surface area contributed by atoms with Gasteiger partial charge in [0.2, 0.25) is 0 Å². The Balaban J connectivity index is -0.000000529. The van der Waals surface area contributed by atoms with Gasteiger partial charge in [-0.05, 0) is 27.2 Å². The number of hydrogen-bond acceptors (Lipinski definition) is 4. The smallest absolute Gasteiger partial charge is 0.306 e. The van der Waals surface area contributed by atoms with Gasteiger partial charge in [0.05, 0.1) is 12.1 Å². The highest BCUT2D eigenvalue weighted by Crippen LogP contribution is 2.09. The standard InChI is InChI=1S/C9H16N2O2.C2H6.H2/c1-9(2,3)13-8(12)5-4-7(11)6-10;1-2;/h7H,4-5,11H2,1-3H3;1-2H3;1H. The van der Waals surface area contributed by atoms with Crippen LogP contribution in [0.25, 0.3) is 0 Å². The maximum absolute atomic E-state index is 11.1. The Morgan fingerprint density at radius 3 is 2.33 bits per heavy atom.